The van der Waals surface area contributed by atoms with Gasteiger partial charge in [0.05, 0.1) is 17.7 Å². The van der Waals surface area contributed by atoms with Crippen molar-refractivity contribution in [1.82, 2.24) is 46.8 Å². The number of amides is 8. The number of rotatable bonds is 19. The summed E-state index contributed by atoms with van der Waals surface area (Å²) in [7, 11) is 0. The summed E-state index contributed by atoms with van der Waals surface area (Å²) < 4.78 is 79.7. The molecule has 3 heterocycles. The maximum absolute atomic E-state index is 14.9. The molecular weight excluding hydrogens is 1180 g/mol. The van der Waals surface area contributed by atoms with Crippen LogP contribution in [0.2, 0.25) is 0 Å². The van der Waals surface area contributed by atoms with Crippen LogP contribution in [0, 0.1) is 5.92 Å². The summed E-state index contributed by atoms with van der Waals surface area (Å²) in [6.07, 6.45) is -8.33. The third kappa shape index (κ3) is 17.3. The van der Waals surface area contributed by atoms with Crippen LogP contribution >= 0.6 is 25.3 Å². The minimum Gasteiger partial charge on any atom is -0.376 e. The molecule has 7 rings (SSSR count). The number of aromatic nitrogens is 1. The summed E-state index contributed by atoms with van der Waals surface area (Å²) in [5, 5.41) is 17.1. The molecule has 0 saturated carbocycles. The van der Waals surface area contributed by atoms with E-state index in [1.165, 1.54) is 43.0 Å². The molecule has 7 atom stereocenters. The fourth-order valence-electron chi connectivity index (χ4n) is 10.3. The lowest BCUT2D eigenvalue weighted by atomic mass is 9.96. The van der Waals surface area contributed by atoms with E-state index in [9.17, 15) is 64.7 Å². The van der Waals surface area contributed by atoms with Crippen LogP contribution in [0.4, 0.5) is 26.3 Å². The second kappa shape index (κ2) is 27.5. The van der Waals surface area contributed by atoms with Gasteiger partial charge in [0.2, 0.25) is 41.4 Å². The molecule has 8 amide bonds. The van der Waals surface area contributed by atoms with Gasteiger partial charge in [0.15, 0.2) is 11.8 Å². The number of carbonyl (C=O) groups excluding carboxylic acids is 8. The SMILES string of the molecule is CC(C)C[C@H](NC(=O)[C@@H]1CCCN1C(=O)[C@@H](N)c1ccc(ON2C(=O)[C@H](C(C)(C)S)NC(=O)[C@H](Cc3ccccc3)NC(=O)CNC(=O)[C@H]2C(C)(C)S)cc1)C(=O)N[C@@H](Cc1c[nH]c2ccccc12)C(=O)NCc1cc(C(F)(F)F)cc(C(F)(F)F)c1. The second-order valence-electron chi connectivity index (χ2n) is 23.1. The van der Waals surface area contributed by atoms with Gasteiger partial charge in [-0.15, -0.1) is 0 Å². The smallest absolute Gasteiger partial charge is 0.376 e. The first-order chi connectivity index (χ1) is 40.7. The van der Waals surface area contributed by atoms with Crippen LogP contribution in [0.25, 0.3) is 10.9 Å². The molecule has 19 nitrogen and oxygen atoms in total. The number of para-hydroxylation sites is 1. The summed E-state index contributed by atoms with van der Waals surface area (Å²) in [6.45, 7) is 8.47. The Balaban J connectivity index is 1.08. The fourth-order valence-corrected chi connectivity index (χ4v) is 10.7. The van der Waals surface area contributed by atoms with Crippen LogP contribution in [0.15, 0.2) is 103 Å². The number of fused-ring (bicyclic) bond motifs is 1. The Kier molecular flexibility index (Phi) is 21.1. The van der Waals surface area contributed by atoms with Crippen LogP contribution < -0.4 is 42.5 Å². The van der Waals surface area contributed by atoms with Crippen molar-refractivity contribution in [2.24, 2.45) is 11.7 Å². The number of aromatic amines is 1. The van der Waals surface area contributed by atoms with Crippen molar-refractivity contribution in [3.05, 3.63) is 137 Å². The van der Waals surface area contributed by atoms with E-state index in [-0.39, 0.29) is 55.5 Å². The van der Waals surface area contributed by atoms with Crippen LogP contribution in [0.1, 0.15) is 100 Å². The van der Waals surface area contributed by atoms with Gasteiger partial charge in [0.25, 0.3) is 5.91 Å². The molecule has 2 saturated heterocycles. The number of halogens is 6. The van der Waals surface area contributed by atoms with Crippen molar-refractivity contribution in [1.29, 1.82) is 0 Å². The number of carbonyl (C=O) groups is 8. The Bertz CT molecular complexity index is 3300. The van der Waals surface area contributed by atoms with Crippen molar-refractivity contribution < 1.29 is 69.5 Å². The highest BCUT2D eigenvalue weighted by Crippen LogP contribution is 2.37. The lowest BCUT2D eigenvalue weighted by molar-refractivity contribution is -0.176. The fraction of sp³-hybridized carbons (Fsp3) is 0.433. The number of hydrogen-bond donors (Lipinski definition) is 10. The third-order valence-electron chi connectivity index (χ3n) is 14.7. The Morgan fingerprint density at radius 1 is 0.759 bits per heavy atom. The van der Waals surface area contributed by atoms with Crippen LogP contribution in [-0.4, -0.2) is 121 Å². The van der Waals surface area contributed by atoms with E-state index in [1.807, 2.05) is 0 Å². The number of benzene rings is 4. The molecule has 5 aromatic rings. The van der Waals surface area contributed by atoms with E-state index in [2.05, 4.69) is 62.1 Å². The van der Waals surface area contributed by atoms with E-state index in [1.54, 1.807) is 88.5 Å². The Labute approximate surface area is 509 Å². The Hall–Kier alpha value is -7.78. The number of nitrogens with zero attached hydrogens (tertiary/aromatic N) is 2. The van der Waals surface area contributed by atoms with Gasteiger partial charge >= 0.3 is 12.4 Å². The monoisotopic (exact) mass is 1250 g/mol. The minimum absolute atomic E-state index is 0.0199. The summed E-state index contributed by atoms with van der Waals surface area (Å²) in [5.74, 6) is -6.65. The standard InChI is InChI=1S/C60H70F6N10O9S2/c1-32(2)23-42(51(79)72-44(27-36-30-68-41-16-11-10-15-40(36)41)50(78)69-29-34-24-37(59(61,62)63)28-38(25-34)60(64,65)66)73-53(81)45-17-12-22-75(45)55(83)47(67)35-18-20-39(21-19-35)85-76-49(58(5,6)87)54(82)70-31-46(77)71-43(26-33-13-8-7-9-14-33)52(80)74-48(56(76)84)57(3,4)86/h7-11,13-16,18-21,24-25,28,30,32,42-45,47-49,68,86-87H,12,17,22-23,26-27,29,31,67H2,1-6H3,(H,69,78)(H,70,82)(H,71,77)(H,72,79)(H,73,81)(H,74,80)/t42-,43-,44-,45-,47-,48+,49-/m0/s1. The average Bonchev–Trinajstić information content (AvgIpc) is 1.60. The zero-order chi connectivity index (χ0) is 63.9. The molecule has 0 unspecified atom stereocenters. The third-order valence-corrected chi connectivity index (χ3v) is 15.2. The van der Waals surface area contributed by atoms with Gasteiger partial charge in [-0.1, -0.05) is 74.5 Å². The van der Waals surface area contributed by atoms with Crippen molar-refractivity contribution >= 4 is 83.4 Å². The molecule has 2 fully saturated rings. The van der Waals surface area contributed by atoms with Crippen molar-refractivity contribution in [3.8, 4) is 5.75 Å². The van der Waals surface area contributed by atoms with E-state index in [0.717, 1.165) is 5.06 Å². The predicted octanol–water partition coefficient (Wildman–Crippen LogP) is 6.02. The number of H-pyrrole nitrogens is 1. The molecule has 2 aliphatic rings. The molecule has 468 valence electrons. The number of thiol groups is 2. The molecule has 2 aliphatic heterocycles. The molecule has 0 bridgehead atoms. The van der Waals surface area contributed by atoms with Crippen LogP contribution in [0.5, 0.6) is 5.75 Å². The lowest BCUT2D eigenvalue weighted by Gasteiger charge is -2.41. The van der Waals surface area contributed by atoms with Gasteiger partial charge in [-0.2, -0.15) is 56.7 Å². The molecular formula is C60H70F6N10O9S2. The van der Waals surface area contributed by atoms with Crippen LogP contribution in [-0.2, 0) is 70.1 Å². The maximum atomic E-state index is 14.9. The zero-order valence-electron chi connectivity index (χ0n) is 48.4. The highest BCUT2D eigenvalue weighted by Gasteiger charge is 2.48. The maximum Gasteiger partial charge on any atom is 0.416 e. The quantitative estimate of drug-likeness (QED) is 0.0339. The highest BCUT2D eigenvalue weighted by molar-refractivity contribution is 7.82. The van der Waals surface area contributed by atoms with Gasteiger partial charge in [-0.05, 0) is 112 Å². The van der Waals surface area contributed by atoms with E-state index in [0.29, 0.717) is 40.6 Å². The summed E-state index contributed by atoms with van der Waals surface area (Å²) in [5.41, 5.74) is 5.06. The van der Waals surface area contributed by atoms with Crippen molar-refractivity contribution in [2.75, 3.05) is 13.1 Å². The second-order valence-corrected chi connectivity index (χ2v) is 25.4. The largest absolute Gasteiger partial charge is 0.416 e. The molecule has 1 aromatic heterocycles. The van der Waals surface area contributed by atoms with Crippen molar-refractivity contribution in [3.63, 3.8) is 0 Å². The first-order valence-corrected chi connectivity index (χ1v) is 28.8. The van der Waals surface area contributed by atoms with Gasteiger partial charge in [-0.25, -0.2) is 0 Å². The molecule has 0 spiro atoms. The van der Waals surface area contributed by atoms with E-state index >= 15 is 0 Å². The molecule has 87 heavy (non-hydrogen) atoms. The number of likely N-dealkylation sites (tertiary alicyclic amines) is 1. The number of nitrogens with two attached hydrogens (primary N) is 1. The summed E-state index contributed by atoms with van der Waals surface area (Å²) >= 11 is 9.34. The van der Waals surface area contributed by atoms with Crippen molar-refractivity contribution in [2.45, 2.75) is 144 Å². The summed E-state index contributed by atoms with van der Waals surface area (Å²) in [6, 6.07) is 12.8. The summed E-state index contributed by atoms with van der Waals surface area (Å²) in [4.78, 5) is 124. The van der Waals surface area contributed by atoms with E-state index in [4.69, 9.17) is 10.6 Å². The highest BCUT2D eigenvalue weighted by atomic mass is 32.1. The average molecular weight is 1250 g/mol. The first-order valence-electron chi connectivity index (χ1n) is 27.9. The number of alkyl halides is 6. The predicted molar refractivity (Wildman–Crippen MR) is 316 cm³/mol. The topological polar surface area (TPSA) is 266 Å². The normalized spacial score (nSPS) is 19.4. The van der Waals surface area contributed by atoms with Gasteiger partial charge in [0, 0.05) is 52.5 Å². The molecule has 9 N–H and O–H groups in total. The Morgan fingerprint density at radius 3 is 2.00 bits per heavy atom. The Morgan fingerprint density at radius 2 is 1.39 bits per heavy atom. The number of hydroxylamine groups is 2. The van der Waals surface area contributed by atoms with E-state index < -0.39 is 141 Å². The lowest BCUT2D eigenvalue weighted by Crippen LogP contribution is -2.67. The first kappa shape index (κ1) is 66.7. The van der Waals surface area contributed by atoms with Gasteiger partial charge < -0.3 is 52.4 Å². The zero-order valence-corrected chi connectivity index (χ0v) is 50.2. The minimum atomic E-state index is -5.14. The number of hydrogen-bond acceptors (Lipinski definition) is 12. The molecule has 27 heteroatoms. The number of nitrogens with one attached hydrogen (secondary N) is 7. The van der Waals surface area contributed by atoms with Gasteiger partial charge in [-0.3, -0.25) is 38.4 Å². The molecule has 0 radical (unpaired) electrons. The van der Waals surface area contributed by atoms with Gasteiger partial charge in [0.1, 0.15) is 36.3 Å². The molecule has 0 aliphatic carbocycles. The van der Waals surface area contributed by atoms with Crippen LogP contribution in [0.3, 0.4) is 0 Å². The molecule has 4 aromatic carbocycles.